The van der Waals surface area contributed by atoms with Crippen molar-refractivity contribution in [3.8, 4) is 0 Å². The van der Waals surface area contributed by atoms with E-state index in [1.165, 1.54) is 0 Å². The Balaban J connectivity index is 2.75. The molecule has 3 N–H and O–H groups in total. The van der Waals surface area contributed by atoms with Crippen molar-refractivity contribution < 1.29 is 4.79 Å². The number of aryl methyl sites for hydroxylation is 1. The third kappa shape index (κ3) is 2.57. The van der Waals surface area contributed by atoms with E-state index in [4.69, 9.17) is 18.0 Å². The molecule has 0 unspecified atom stereocenters. The maximum Gasteiger partial charge on any atom is 0.236 e. The Kier molecular flexibility index (Phi) is 3.64. The first-order valence-corrected chi connectivity index (χ1v) is 5.42. The average Bonchev–Trinajstić information content (AvgIpc) is 2.65. The topological polar surface area (TPSA) is 72.9 Å². The number of rotatable bonds is 4. The monoisotopic (exact) mass is 240 g/mol. The van der Waals surface area contributed by atoms with Gasteiger partial charge < -0.3 is 11.1 Å². The van der Waals surface area contributed by atoms with Gasteiger partial charge in [0.1, 0.15) is 0 Å². The molecule has 0 bridgehead atoms. The standard InChI is InChI=1S/C10H16N4OS/c1-4-14-6-7(5-12-14)13-9(15)10(2,3)8(11)16/h5-6H,4H2,1-3H3,(H2,11,16)(H,13,15). The van der Waals surface area contributed by atoms with Gasteiger partial charge in [-0.15, -0.1) is 0 Å². The van der Waals surface area contributed by atoms with Gasteiger partial charge >= 0.3 is 0 Å². The normalized spacial score (nSPS) is 11.2. The number of anilines is 1. The van der Waals surface area contributed by atoms with Crippen LogP contribution < -0.4 is 11.1 Å². The maximum absolute atomic E-state index is 11.9. The highest BCUT2D eigenvalue weighted by Gasteiger charge is 2.31. The summed E-state index contributed by atoms with van der Waals surface area (Å²) in [6.45, 7) is 6.11. The molecule has 0 aliphatic carbocycles. The van der Waals surface area contributed by atoms with Crippen molar-refractivity contribution in [2.24, 2.45) is 11.1 Å². The van der Waals surface area contributed by atoms with Crippen molar-refractivity contribution in [3.05, 3.63) is 12.4 Å². The average molecular weight is 240 g/mol. The number of carbonyl (C=O) groups excluding carboxylic acids is 1. The lowest BCUT2D eigenvalue weighted by Crippen LogP contribution is -2.41. The fourth-order valence-corrected chi connectivity index (χ4v) is 1.09. The third-order valence-corrected chi connectivity index (χ3v) is 2.91. The SMILES string of the molecule is CCn1cc(NC(=O)C(C)(C)C(N)=S)cn1. The molecule has 0 aromatic carbocycles. The predicted molar refractivity (Wildman–Crippen MR) is 67.1 cm³/mol. The number of hydrogen-bond donors (Lipinski definition) is 2. The first kappa shape index (κ1) is 12.6. The van der Waals surface area contributed by atoms with Gasteiger partial charge in [0, 0.05) is 12.7 Å². The number of amides is 1. The minimum Gasteiger partial charge on any atom is -0.392 e. The minimum absolute atomic E-state index is 0.174. The lowest BCUT2D eigenvalue weighted by molar-refractivity contribution is -0.121. The van der Waals surface area contributed by atoms with Crippen LogP contribution >= 0.6 is 12.2 Å². The number of nitrogens with two attached hydrogens (primary N) is 1. The molecule has 1 amide bonds. The van der Waals surface area contributed by atoms with Crippen LogP contribution in [0.1, 0.15) is 20.8 Å². The van der Waals surface area contributed by atoms with Gasteiger partial charge in [-0.05, 0) is 20.8 Å². The third-order valence-electron chi connectivity index (χ3n) is 2.40. The zero-order valence-corrected chi connectivity index (χ0v) is 10.5. The Labute approximate surface area is 100 Å². The Morgan fingerprint density at radius 1 is 1.69 bits per heavy atom. The van der Waals surface area contributed by atoms with E-state index in [9.17, 15) is 4.79 Å². The summed E-state index contributed by atoms with van der Waals surface area (Å²) in [6, 6.07) is 0. The number of carbonyl (C=O) groups is 1. The number of nitrogens with one attached hydrogen (secondary N) is 1. The smallest absolute Gasteiger partial charge is 0.236 e. The van der Waals surface area contributed by atoms with E-state index in [1.807, 2.05) is 6.92 Å². The largest absolute Gasteiger partial charge is 0.392 e. The zero-order chi connectivity index (χ0) is 12.3. The van der Waals surface area contributed by atoms with Crippen molar-refractivity contribution >= 4 is 28.8 Å². The van der Waals surface area contributed by atoms with E-state index >= 15 is 0 Å². The summed E-state index contributed by atoms with van der Waals surface area (Å²) in [5, 5.41) is 6.78. The lowest BCUT2D eigenvalue weighted by atomic mass is 9.92. The summed E-state index contributed by atoms with van der Waals surface area (Å²) in [6.07, 6.45) is 3.35. The van der Waals surface area contributed by atoms with E-state index in [0.29, 0.717) is 5.69 Å². The van der Waals surface area contributed by atoms with E-state index in [0.717, 1.165) is 6.54 Å². The van der Waals surface area contributed by atoms with Crippen LogP contribution in [0.2, 0.25) is 0 Å². The second-order valence-electron chi connectivity index (χ2n) is 4.03. The van der Waals surface area contributed by atoms with Crippen molar-refractivity contribution in [2.75, 3.05) is 5.32 Å². The molecule has 1 aromatic rings. The maximum atomic E-state index is 11.9. The van der Waals surface area contributed by atoms with Crippen LogP contribution in [0, 0.1) is 5.41 Å². The quantitative estimate of drug-likeness (QED) is 0.774. The van der Waals surface area contributed by atoms with Crippen LogP contribution in [0.15, 0.2) is 12.4 Å². The van der Waals surface area contributed by atoms with Crippen molar-refractivity contribution in [2.45, 2.75) is 27.3 Å². The molecule has 0 atom stereocenters. The molecule has 1 heterocycles. The van der Waals surface area contributed by atoms with Crippen LogP contribution in [0.5, 0.6) is 0 Å². The number of hydrogen-bond acceptors (Lipinski definition) is 3. The summed E-state index contributed by atoms with van der Waals surface area (Å²) in [5.41, 5.74) is 5.30. The number of nitrogens with zero attached hydrogens (tertiary/aromatic N) is 2. The Morgan fingerprint density at radius 2 is 2.31 bits per heavy atom. The Bertz CT molecular complexity index is 411. The lowest BCUT2D eigenvalue weighted by Gasteiger charge is -2.21. The first-order chi connectivity index (χ1) is 7.37. The molecule has 0 aliphatic heterocycles. The van der Waals surface area contributed by atoms with E-state index in [2.05, 4.69) is 10.4 Å². The van der Waals surface area contributed by atoms with Crippen molar-refractivity contribution in [3.63, 3.8) is 0 Å². The molecule has 0 saturated carbocycles. The first-order valence-electron chi connectivity index (χ1n) is 5.01. The van der Waals surface area contributed by atoms with Gasteiger partial charge in [0.15, 0.2) is 0 Å². The molecule has 0 saturated heterocycles. The minimum atomic E-state index is -0.857. The Morgan fingerprint density at radius 3 is 2.75 bits per heavy atom. The molecule has 88 valence electrons. The van der Waals surface area contributed by atoms with Crippen molar-refractivity contribution in [1.29, 1.82) is 0 Å². The van der Waals surface area contributed by atoms with Gasteiger partial charge in [0.25, 0.3) is 0 Å². The highest BCUT2D eigenvalue weighted by molar-refractivity contribution is 7.80. The number of aromatic nitrogens is 2. The van der Waals surface area contributed by atoms with Gasteiger partial charge in [-0.25, -0.2) is 0 Å². The molecule has 0 spiro atoms. The second-order valence-corrected chi connectivity index (χ2v) is 4.47. The van der Waals surface area contributed by atoms with Gasteiger partial charge in [0.05, 0.1) is 22.3 Å². The molecule has 6 heteroatoms. The summed E-state index contributed by atoms with van der Waals surface area (Å²) in [4.78, 5) is 12.0. The molecule has 0 radical (unpaired) electrons. The summed E-state index contributed by atoms with van der Waals surface area (Å²) in [5.74, 6) is -0.226. The number of thiocarbonyl (C=S) groups is 1. The van der Waals surface area contributed by atoms with E-state index < -0.39 is 5.41 Å². The summed E-state index contributed by atoms with van der Waals surface area (Å²) < 4.78 is 1.73. The van der Waals surface area contributed by atoms with Crippen LogP contribution in [0.4, 0.5) is 5.69 Å². The van der Waals surface area contributed by atoms with Crippen molar-refractivity contribution in [1.82, 2.24) is 9.78 Å². The predicted octanol–water partition coefficient (Wildman–Crippen LogP) is 1.15. The highest BCUT2D eigenvalue weighted by Crippen LogP contribution is 2.18. The van der Waals surface area contributed by atoms with Gasteiger partial charge in [-0.2, -0.15) is 5.10 Å². The summed E-state index contributed by atoms with van der Waals surface area (Å²) >= 11 is 4.85. The molecular formula is C10H16N4OS. The van der Waals surface area contributed by atoms with E-state index in [1.54, 1.807) is 30.9 Å². The van der Waals surface area contributed by atoms with Crippen LogP contribution in [-0.2, 0) is 11.3 Å². The molecular weight excluding hydrogens is 224 g/mol. The van der Waals surface area contributed by atoms with Crippen LogP contribution in [0.25, 0.3) is 0 Å². The van der Waals surface area contributed by atoms with Crippen LogP contribution in [0.3, 0.4) is 0 Å². The van der Waals surface area contributed by atoms with Gasteiger partial charge in [-0.1, -0.05) is 12.2 Å². The highest BCUT2D eigenvalue weighted by atomic mass is 32.1. The molecule has 1 rings (SSSR count). The second kappa shape index (κ2) is 4.61. The summed E-state index contributed by atoms with van der Waals surface area (Å²) in [7, 11) is 0. The Hall–Kier alpha value is -1.43. The zero-order valence-electron chi connectivity index (χ0n) is 9.65. The molecule has 5 nitrogen and oxygen atoms in total. The van der Waals surface area contributed by atoms with Gasteiger partial charge in [-0.3, -0.25) is 9.48 Å². The fourth-order valence-electron chi connectivity index (χ4n) is 1.00. The molecule has 0 aliphatic rings. The molecule has 0 fully saturated rings. The fraction of sp³-hybridized carbons (Fsp3) is 0.500. The molecule has 1 aromatic heterocycles. The van der Waals surface area contributed by atoms with E-state index in [-0.39, 0.29) is 10.9 Å². The molecule has 16 heavy (non-hydrogen) atoms. The van der Waals surface area contributed by atoms with Gasteiger partial charge in [0.2, 0.25) is 5.91 Å². The van der Waals surface area contributed by atoms with Crippen LogP contribution in [-0.4, -0.2) is 20.7 Å².